The van der Waals surface area contributed by atoms with Gasteiger partial charge in [-0.1, -0.05) is 103 Å². The second kappa shape index (κ2) is 38.6. The highest BCUT2D eigenvalue weighted by molar-refractivity contribution is 6.00. The van der Waals surface area contributed by atoms with Crippen LogP contribution in [0.1, 0.15) is 195 Å². The highest BCUT2D eigenvalue weighted by Gasteiger charge is 2.48. The lowest BCUT2D eigenvalue weighted by atomic mass is 9.94. The van der Waals surface area contributed by atoms with Crippen LogP contribution in [0.3, 0.4) is 0 Å². The van der Waals surface area contributed by atoms with E-state index in [1.165, 1.54) is 73.6 Å². The van der Waals surface area contributed by atoms with Gasteiger partial charge in [-0.15, -0.1) is 0 Å². The van der Waals surface area contributed by atoms with Gasteiger partial charge in [-0.05, 0) is 120 Å². The van der Waals surface area contributed by atoms with Gasteiger partial charge in [0.05, 0.1) is 18.6 Å². The third kappa shape index (κ3) is 23.6. The summed E-state index contributed by atoms with van der Waals surface area (Å²) in [5, 5.41) is 25.8. The van der Waals surface area contributed by atoms with Crippen LogP contribution in [0.4, 0.5) is 0 Å². The van der Waals surface area contributed by atoms with Crippen molar-refractivity contribution in [1.29, 1.82) is 0 Å². The third-order valence-corrected chi connectivity index (χ3v) is 19.0. The van der Waals surface area contributed by atoms with E-state index in [9.17, 15) is 38.7 Å². The molecule has 0 spiro atoms. The second-order valence-electron chi connectivity index (χ2n) is 30.0. The molecule has 0 unspecified atom stereocenters. The number of nitrogens with one attached hydrogen (secondary N) is 5. The van der Waals surface area contributed by atoms with Crippen LogP contribution in [0.25, 0.3) is 0 Å². The molecule has 0 bridgehead atoms. The predicted octanol–water partition coefficient (Wildman–Crippen LogP) is 3.69. The third-order valence-electron chi connectivity index (χ3n) is 19.0. The fourth-order valence-electron chi connectivity index (χ4n) is 13.0. The van der Waals surface area contributed by atoms with Gasteiger partial charge >= 0.3 is 0 Å². The van der Waals surface area contributed by atoms with Crippen molar-refractivity contribution in [3.63, 3.8) is 0 Å². The first-order valence-corrected chi connectivity index (χ1v) is 35.4. The molecule has 548 valence electrons. The maximum Gasteiger partial charge on any atom is 0.248 e. The van der Waals surface area contributed by atoms with Crippen molar-refractivity contribution >= 4 is 70.9 Å². The predicted molar refractivity (Wildman–Crippen MR) is 367 cm³/mol. The van der Waals surface area contributed by atoms with Crippen LogP contribution >= 0.6 is 0 Å². The Kier molecular flexibility index (Phi) is 33.7. The molecule has 26 nitrogen and oxygen atoms in total. The van der Waals surface area contributed by atoms with Crippen LogP contribution in [-0.4, -0.2) is 250 Å². The normalized spacial score (nSPS) is 28.2. The summed E-state index contributed by atoms with van der Waals surface area (Å²) in [6, 6.07) is -14.2. The number of rotatable bonds is 18. The summed E-state index contributed by atoms with van der Waals surface area (Å²) in [5.74, 6) is -9.90. The van der Waals surface area contributed by atoms with Crippen molar-refractivity contribution in [2.45, 2.75) is 273 Å². The van der Waals surface area contributed by atoms with E-state index in [2.05, 4.69) is 26.6 Å². The highest BCUT2D eigenvalue weighted by atomic mass is 16.5. The molecule has 26 heteroatoms. The van der Waals surface area contributed by atoms with Crippen LogP contribution in [0.2, 0.25) is 0 Å². The summed E-state index contributed by atoms with van der Waals surface area (Å²) in [6.07, 6.45) is 0.447. The monoisotopic (exact) mass is 1360 g/mol. The number of likely N-dealkylation sites (N-methyl/N-ethyl adjacent to an activating group) is 5. The number of aliphatic hydroxyl groups is 1. The molecule has 3 aliphatic rings. The van der Waals surface area contributed by atoms with E-state index in [0.29, 0.717) is 32.4 Å². The van der Waals surface area contributed by atoms with Gasteiger partial charge in [0.1, 0.15) is 66.5 Å². The van der Waals surface area contributed by atoms with E-state index in [1.807, 2.05) is 90.0 Å². The van der Waals surface area contributed by atoms with Crippen LogP contribution < -0.4 is 26.6 Å². The summed E-state index contributed by atoms with van der Waals surface area (Å²) < 4.78 is 6.03. The Balaban J connectivity index is 2.39. The zero-order chi connectivity index (χ0) is 73.1. The van der Waals surface area contributed by atoms with Gasteiger partial charge in [-0.2, -0.15) is 0 Å². The fraction of sp³-hybridized carbons (Fsp3) is 0.829. The zero-order valence-corrected chi connectivity index (χ0v) is 62.2. The number of aliphatic hydroxyl groups excluding tert-OH is 1. The number of hydrogen-bond donors (Lipinski definition) is 6. The lowest BCUT2D eigenvalue weighted by Crippen LogP contribution is -2.63. The standard InChI is InChI=1S/C70H124N12O14/c1-23-45(15)58-69(94)80(22)53(33-42(9)10)61(86)71-49(30-39(3)4)60(85)72-51(67(92)81-28-26-25-27-29-81)37-57(84)76(18)46(16)65(90)77(19)52(32-41(7)8)62(87)73-50(31-40(5)6)66(91)78(20)54(34-43(11)12)64(89)75-59(47(17)83)70(95)82-38-48(96-24-2)36-56(82)68(93)79(21)55(35-44(13)14)63(88)74-58/h39-56,58-59,83H,23-38H2,1-22H3,(H,71,86)(H,72,85)(H,73,87)(H,74,88)(H,75,89)/t45-,46+,47+,48+,49-,50-,51-,52-,53-,54-,55-,56-,58-,59-/m0/s1. The Hall–Kier alpha value is -6.44. The molecule has 14 atom stereocenters. The second-order valence-corrected chi connectivity index (χ2v) is 30.0. The van der Waals surface area contributed by atoms with Gasteiger partial charge in [0.15, 0.2) is 0 Å². The number of piperidine rings is 1. The summed E-state index contributed by atoms with van der Waals surface area (Å²) in [7, 11) is 7.13. The van der Waals surface area contributed by atoms with Gasteiger partial charge in [0.25, 0.3) is 0 Å². The van der Waals surface area contributed by atoms with Gasteiger partial charge in [-0.3, -0.25) is 57.5 Å². The number of hydrogen-bond acceptors (Lipinski definition) is 14. The Morgan fingerprint density at radius 1 is 0.479 bits per heavy atom. The first kappa shape index (κ1) is 83.8. The van der Waals surface area contributed by atoms with Gasteiger partial charge < -0.3 is 70.7 Å². The molecular weight excluding hydrogens is 1230 g/mol. The molecule has 3 aliphatic heterocycles. The van der Waals surface area contributed by atoms with E-state index in [4.69, 9.17) is 4.74 Å². The molecule has 0 aromatic rings. The SMILES string of the molecule is CCO[C@@H]1C[C@H]2C(=O)N(C)[C@@H](CC(C)C)C(=O)N[C@@H]([C@@H](C)CC)C(=O)N(C)[C@@H](CC(C)C)C(=O)N[C@@H](CC(C)C)C(=O)N[C@H](C(=O)N3CCCCC3)CC(=O)N(C)[C@H](C)C(=O)N(C)[C@@H](CC(C)C)C(=O)N[C@@H](CC(C)C)C(=O)N(C)[C@@H](CC(C)C)C(=O)N[C@@H]([C@@H](C)O)C(=O)N2C1. The van der Waals surface area contributed by atoms with Crippen molar-refractivity contribution in [2.24, 2.45) is 41.4 Å². The van der Waals surface area contributed by atoms with E-state index in [1.54, 1.807) is 18.7 Å². The van der Waals surface area contributed by atoms with Crippen LogP contribution in [0.5, 0.6) is 0 Å². The molecular formula is C70H124N12O14. The number of likely N-dealkylation sites (tertiary alicyclic amines) is 1. The summed E-state index contributed by atoms with van der Waals surface area (Å²) in [6.45, 7) is 31.3. The van der Waals surface area contributed by atoms with Crippen LogP contribution in [0.15, 0.2) is 0 Å². The molecule has 3 fully saturated rings. The Labute approximate surface area is 573 Å². The maximum atomic E-state index is 15.2. The van der Waals surface area contributed by atoms with Crippen molar-refractivity contribution in [1.82, 2.24) is 60.9 Å². The molecule has 0 radical (unpaired) electrons. The lowest BCUT2D eigenvalue weighted by molar-refractivity contribution is -0.151. The van der Waals surface area contributed by atoms with E-state index < -0.39 is 162 Å². The highest BCUT2D eigenvalue weighted by Crippen LogP contribution is 2.28. The van der Waals surface area contributed by atoms with Gasteiger partial charge in [-0.25, -0.2) is 0 Å². The fourth-order valence-corrected chi connectivity index (χ4v) is 13.0. The minimum Gasteiger partial charge on any atom is -0.391 e. The lowest BCUT2D eigenvalue weighted by Gasteiger charge is -2.38. The van der Waals surface area contributed by atoms with Gasteiger partial charge in [0, 0.05) is 67.9 Å². The maximum absolute atomic E-state index is 15.2. The quantitative estimate of drug-likeness (QED) is 0.114. The molecule has 6 N–H and O–H groups in total. The topological polar surface area (TPSA) is 317 Å². The van der Waals surface area contributed by atoms with Crippen molar-refractivity contribution in [3.8, 4) is 0 Å². The molecule has 3 saturated heterocycles. The molecule has 0 aliphatic carbocycles. The molecule has 0 aromatic heterocycles. The number of amides is 12. The summed E-state index contributed by atoms with van der Waals surface area (Å²) in [5.41, 5.74) is 0. The minimum atomic E-state index is -1.66. The molecule has 0 aromatic carbocycles. The summed E-state index contributed by atoms with van der Waals surface area (Å²) >= 11 is 0. The number of carbonyl (C=O) groups excluding carboxylic acids is 12. The first-order valence-electron chi connectivity index (χ1n) is 35.4. The minimum absolute atomic E-state index is 0.0117. The molecule has 0 saturated carbocycles. The van der Waals surface area contributed by atoms with Crippen molar-refractivity contribution in [2.75, 3.05) is 61.5 Å². The van der Waals surface area contributed by atoms with Crippen LogP contribution in [0, 0.1) is 41.4 Å². The largest absolute Gasteiger partial charge is 0.391 e. The molecule has 96 heavy (non-hydrogen) atoms. The van der Waals surface area contributed by atoms with Crippen LogP contribution in [-0.2, 0) is 62.3 Å². The van der Waals surface area contributed by atoms with Crippen molar-refractivity contribution < 1.29 is 67.4 Å². The average molecular weight is 1360 g/mol. The first-order chi connectivity index (χ1) is 44.7. The smallest absolute Gasteiger partial charge is 0.248 e. The number of ether oxygens (including phenoxy) is 1. The Morgan fingerprint density at radius 3 is 1.32 bits per heavy atom. The number of fused-ring (bicyclic) bond motifs is 1. The number of nitrogens with zero attached hydrogens (tertiary/aromatic N) is 7. The molecule has 12 amide bonds. The van der Waals surface area contributed by atoms with E-state index >= 15 is 24.0 Å². The summed E-state index contributed by atoms with van der Waals surface area (Å²) in [4.78, 5) is 188. The van der Waals surface area contributed by atoms with E-state index in [0.717, 1.165) is 11.3 Å². The molecule has 3 rings (SSSR count). The van der Waals surface area contributed by atoms with E-state index in [-0.39, 0.29) is 93.6 Å². The Morgan fingerprint density at radius 2 is 0.885 bits per heavy atom. The van der Waals surface area contributed by atoms with Crippen molar-refractivity contribution in [3.05, 3.63) is 0 Å². The number of carbonyl (C=O) groups is 12. The average Bonchev–Trinajstić information content (AvgIpc) is 1.56. The Bertz CT molecular complexity index is 2650. The van der Waals surface area contributed by atoms with Gasteiger partial charge in [0.2, 0.25) is 70.9 Å². The zero-order valence-electron chi connectivity index (χ0n) is 62.2. The molecule has 3 heterocycles.